The van der Waals surface area contributed by atoms with Gasteiger partial charge in [0, 0.05) is 31.8 Å². The standard InChI is InChI=1S/C11H19N3O/c12-6-2-1-3-11(15)14-8-5-10-4-7-13-9-10/h7,9H,1-6,8,12H2,(H,14,15). The second kappa shape index (κ2) is 7.17. The number of hydrogen-bond acceptors (Lipinski definition) is 3. The normalized spacial score (nSPS) is 14.1. The lowest BCUT2D eigenvalue weighted by Gasteiger charge is -2.04. The van der Waals surface area contributed by atoms with Crippen LogP contribution < -0.4 is 11.1 Å². The van der Waals surface area contributed by atoms with E-state index in [0.29, 0.717) is 13.0 Å². The number of nitrogens with one attached hydrogen (secondary N) is 1. The first-order valence-corrected chi connectivity index (χ1v) is 5.49. The molecule has 0 aromatic heterocycles. The van der Waals surface area contributed by atoms with Crippen LogP contribution >= 0.6 is 0 Å². The third-order valence-electron chi connectivity index (χ3n) is 2.34. The van der Waals surface area contributed by atoms with Crippen LogP contribution in [0.4, 0.5) is 0 Å². The fourth-order valence-corrected chi connectivity index (χ4v) is 1.43. The van der Waals surface area contributed by atoms with Gasteiger partial charge in [0.15, 0.2) is 0 Å². The molecule has 4 heteroatoms. The molecule has 3 N–H and O–H groups in total. The molecule has 1 heterocycles. The number of amides is 1. The van der Waals surface area contributed by atoms with Crippen molar-refractivity contribution in [1.82, 2.24) is 5.32 Å². The predicted octanol–water partition coefficient (Wildman–Crippen LogP) is 0.980. The molecule has 0 aliphatic carbocycles. The van der Waals surface area contributed by atoms with E-state index in [1.54, 1.807) is 0 Å². The molecule has 0 unspecified atom stereocenters. The van der Waals surface area contributed by atoms with Gasteiger partial charge in [0.05, 0.1) is 0 Å². The van der Waals surface area contributed by atoms with Gasteiger partial charge in [-0.05, 0) is 31.4 Å². The summed E-state index contributed by atoms with van der Waals surface area (Å²) in [5.74, 6) is 0.128. The second-order valence-electron chi connectivity index (χ2n) is 3.67. The van der Waals surface area contributed by atoms with Crippen LogP contribution in [0.1, 0.15) is 32.1 Å². The van der Waals surface area contributed by atoms with E-state index in [9.17, 15) is 4.79 Å². The van der Waals surface area contributed by atoms with Gasteiger partial charge >= 0.3 is 0 Å². The first-order valence-electron chi connectivity index (χ1n) is 5.49. The third kappa shape index (κ3) is 5.32. The van der Waals surface area contributed by atoms with Crippen LogP contribution in [0.15, 0.2) is 16.8 Å². The topological polar surface area (TPSA) is 67.5 Å². The Kier molecular flexibility index (Phi) is 5.70. The highest BCUT2D eigenvalue weighted by Crippen LogP contribution is 2.09. The van der Waals surface area contributed by atoms with E-state index in [0.717, 1.165) is 32.2 Å². The lowest BCUT2D eigenvalue weighted by molar-refractivity contribution is -0.121. The Labute approximate surface area is 90.6 Å². The molecular formula is C11H19N3O. The van der Waals surface area contributed by atoms with E-state index in [1.807, 2.05) is 12.4 Å². The van der Waals surface area contributed by atoms with Crippen molar-refractivity contribution >= 4 is 12.1 Å². The summed E-state index contributed by atoms with van der Waals surface area (Å²) in [6.45, 7) is 1.38. The zero-order valence-electron chi connectivity index (χ0n) is 9.04. The van der Waals surface area contributed by atoms with E-state index in [4.69, 9.17) is 5.73 Å². The van der Waals surface area contributed by atoms with Crippen molar-refractivity contribution in [2.75, 3.05) is 13.1 Å². The zero-order valence-corrected chi connectivity index (χ0v) is 9.04. The van der Waals surface area contributed by atoms with Gasteiger partial charge in [0.2, 0.25) is 5.91 Å². The summed E-state index contributed by atoms with van der Waals surface area (Å²) in [5, 5.41) is 2.89. The molecule has 0 atom stereocenters. The van der Waals surface area contributed by atoms with Crippen molar-refractivity contribution in [3.8, 4) is 0 Å². The minimum atomic E-state index is 0.128. The Morgan fingerprint density at radius 2 is 2.40 bits per heavy atom. The van der Waals surface area contributed by atoms with Crippen LogP contribution in [0.3, 0.4) is 0 Å². The van der Waals surface area contributed by atoms with Crippen molar-refractivity contribution < 1.29 is 4.79 Å². The highest BCUT2D eigenvalue weighted by atomic mass is 16.1. The van der Waals surface area contributed by atoms with E-state index in [-0.39, 0.29) is 5.91 Å². The smallest absolute Gasteiger partial charge is 0.220 e. The number of rotatable bonds is 7. The molecule has 0 saturated heterocycles. The molecule has 84 valence electrons. The number of unbranched alkanes of at least 4 members (excludes halogenated alkanes) is 1. The monoisotopic (exact) mass is 209 g/mol. The number of aliphatic imine (C=N–C) groups is 1. The second-order valence-corrected chi connectivity index (χ2v) is 3.67. The molecule has 0 radical (unpaired) electrons. The Balaban J connectivity index is 1.97. The minimum Gasteiger partial charge on any atom is -0.356 e. The summed E-state index contributed by atoms with van der Waals surface area (Å²) in [6.07, 6.45) is 8.00. The zero-order chi connectivity index (χ0) is 10.9. The summed E-state index contributed by atoms with van der Waals surface area (Å²) in [7, 11) is 0. The molecule has 1 rings (SSSR count). The van der Waals surface area contributed by atoms with Crippen LogP contribution in [-0.2, 0) is 4.79 Å². The average Bonchev–Trinajstić information content (AvgIpc) is 2.71. The van der Waals surface area contributed by atoms with Crippen LogP contribution in [0.25, 0.3) is 0 Å². The number of nitrogens with zero attached hydrogens (tertiary/aromatic N) is 1. The number of hydrogen-bond donors (Lipinski definition) is 2. The molecule has 15 heavy (non-hydrogen) atoms. The summed E-state index contributed by atoms with van der Waals surface area (Å²) in [6, 6.07) is 0. The fourth-order valence-electron chi connectivity index (χ4n) is 1.43. The number of nitrogens with two attached hydrogens (primary N) is 1. The number of carbonyl (C=O) groups is 1. The molecular weight excluding hydrogens is 190 g/mol. The maximum atomic E-state index is 11.3. The molecule has 4 nitrogen and oxygen atoms in total. The van der Waals surface area contributed by atoms with Gasteiger partial charge in [-0.3, -0.25) is 9.79 Å². The van der Waals surface area contributed by atoms with Gasteiger partial charge in [-0.15, -0.1) is 0 Å². The van der Waals surface area contributed by atoms with Gasteiger partial charge in [0.25, 0.3) is 0 Å². The number of carbonyl (C=O) groups excluding carboxylic acids is 1. The molecule has 1 aliphatic rings. The molecule has 1 aliphatic heterocycles. The Bertz CT molecular complexity index is 259. The SMILES string of the molecule is NCCCCC(=O)NCCC1=CN=CC1. The van der Waals surface area contributed by atoms with Crippen LogP contribution in [0, 0.1) is 0 Å². The quantitative estimate of drug-likeness (QED) is 0.614. The van der Waals surface area contributed by atoms with Gasteiger partial charge in [-0.25, -0.2) is 0 Å². The summed E-state index contributed by atoms with van der Waals surface area (Å²) >= 11 is 0. The fraction of sp³-hybridized carbons (Fsp3) is 0.636. The lowest BCUT2D eigenvalue weighted by Crippen LogP contribution is -2.24. The van der Waals surface area contributed by atoms with Gasteiger partial charge < -0.3 is 11.1 Å². The van der Waals surface area contributed by atoms with Crippen LogP contribution in [0.2, 0.25) is 0 Å². The van der Waals surface area contributed by atoms with Gasteiger partial charge in [-0.1, -0.05) is 0 Å². The molecule has 0 aromatic rings. The van der Waals surface area contributed by atoms with Crippen LogP contribution in [-0.4, -0.2) is 25.2 Å². The third-order valence-corrected chi connectivity index (χ3v) is 2.34. The predicted molar refractivity (Wildman–Crippen MR) is 61.7 cm³/mol. The maximum absolute atomic E-state index is 11.3. The van der Waals surface area contributed by atoms with Gasteiger partial charge in [-0.2, -0.15) is 0 Å². The summed E-state index contributed by atoms with van der Waals surface area (Å²) in [5.41, 5.74) is 6.63. The van der Waals surface area contributed by atoms with Crippen molar-refractivity contribution in [1.29, 1.82) is 0 Å². The van der Waals surface area contributed by atoms with Crippen molar-refractivity contribution in [3.63, 3.8) is 0 Å². The average molecular weight is 209 g/mol. The van der Waals surface area contributed by atoms with Crippen molar-refractivity contribution in [2.24, 2.45) is 10.7 Å². The molecule has 0 bridgehead atoms. The summed E-state index contributed by atoms with van der Waals surface area (Å²) in [4.78, 5) is 15.3. The van der Waals surface area contributed by atoms with E-state index >= 15 is 0 Å². The Morgan fingerprint density at radius 3 is 3.07 bits per heavy atom. The minimum absolute atomic E-state index is 0.128. The van der Waals surface area contributed by atoms with Crippen LogP contribution in [0.5, 0.6) is 0 Å². The highest BCUT2D eigenvalue weighted by molar-refractivity contribution is 5.75. The van der Waals surface area contributed by atoms with Gasteiger partial charge in [0.1, 0.15) is 0 Å². The first-order chi connectivity index (χ1) is 7.33. The molecule has 1 amide bonds. The molecule has 0 aromatic carbocycles. The van der Waals surface area contributed by atoms with E-state index in [2.05, 4.69) is 10.3 Å². The molecule has 0 saturated carbocycles. The highest BCUT2D eigenvalue weighted by Gasteiger charge is 2.03. The van der Waals surface area contributed by atoms with Crippen molar-refractivity contribution in [3.05, 3.63) is 11.8 Å². The maximum Gasteiger partial charge on any atom is 0.220 e. The van der Waals surface area contributed by atoms with E-state index < -0.39 is 0 Å². The summed E-state index contributed by atoms with van der Waals surface area (Å²) < 4.78 is 0. The Hall–Kier alpha value is -1.16. The molecule has 0 spiro atoms. The largest absolute Gasteiger partial charge is 0.356 e. The molecule has 0 fully saturated rings. The Morgan fingerprint density at radius 1 is 1.53 bits per heavy atom. The van der Waals surface area contributed by atoms with Crippen molar-refractivity contribution in [2.45, 2.75) is 32.1 Å². The lowest BCUT2D eigenvalue weighted by atomic mass is 10.1. The first kappa shape index (κ1) is 11.9. The van der Waals surface area contributed by atoms with E-state index in [1.165, 1.54) is 5.57 Å².